The second kappa shape index (κ2) is 12.3. The van der Waals surface area contributed by atoms with Crippen LogP contribution >= 0.6 is 0 Å². The SMILES string of the molecule is CC1CC=CC2=C1C1(Oc3ccc4c(c3O1)c1ccccc1n4-c1ccc(C3=CC(C)(c4ccccc4)CC(C4=CCC(C)C(C)C4)=N3)cc1)c1ccccc12. The van der Waals surface area contributed by atoms with Crippen LogP contribution in [0.1, 0.15) is 75.6 Å². The summed E-state index contributed by atoms with van der Waals surface area (Å²) in [5.74, 6) is 2.29. The summed E-state index contributed by atoms with van der Waals surface area (Å²) in [5.41, 5.74) is 14.1. The van der Waals surface area contributed by atoms with E-state index in [9.17, 15) is 0 Å². The van der Waals surface area contributed by atoms with Gasteiger partial charge in [-0.15, -0.1) is 0 Å². The van der Waals surface area contributed by atoms with E-state index in [1.54, 1.807) is 0 Å². The number of benzene rings is 5. The predicted molar refractivity (Wildman–Crippen MR) is 229 cm³/mol. The zero-order valence-corrected chi connectivity index (χ0v) is 32.6. The van der Waals surface area contributed by atoms with Crippen LogP contribution in [0.5, 0.6) is 11.5 Å². The molecule has 5 aliphatic rings. The van der Waals surface area contributed by atoms with Crippen LogP contribution in [0, 0.1) is 17.8 Å². The lowest BCUT2D eigenvalue weighted by atomic mass is 9.72. The molecule has 0 amide bonds. The third-order valence-electron chi connectivity index (χ3n) is 13.5. The van der Waals surface area contributed by atoms with Gasteiger partial charge in [0.15, 0.2) is 11.5 Å². The van der Waals surface area contributed by atoms with E-state index in [1.807, 2.05) is 0 Å². The van der Waals surface area contributed by atoms with Crippen LogP contribution in [0.15, 0.2) is 156 Å². The van der Waals surface area contributed by atoms with Gasteiger partial charge in [0, 0.05) is 39.8 Å². The molecule has 0 saturated carbocycles. The van der Waals surface area contributed by atoms with E-state index in [1.165, 1.54) is 33.6 Å². The Morgan fingerprint density at radius 3 is 2.38 bits per heavy atom. The standard InChI is InChI=1S/C52H46N2O2/c1-32-21-22-36(29-34(32)3)44-31-51(4,37-14-6-5-7-15-37)30-43(53-44)35-23-25-38(26-24-35)54-45-20-11-9-17-41(45)48-46(54)27-28-47-50(48)56-52(55-47)42-19-10-8-16-39(42)40-18-12-13-33(2)49(40)52/h5-12,14-20,22-28,30,32-34H,13,21,29,31H2,1-4H3. The highest BCUT2D eigenvalue weighted by Crippen LogP contribution is 2.60. The number of para-hydroxylation sites is 1. The average molecular weight is 731 g/mol. The van der Waals surface area contributed by atoms with Crippen LogP contribution in [0.3, 0.4) is 0 Å². The van der Waals surface area contributed by atoms with Gasteiger partial charge in [-0.25, -0.2) is 0 Å². The molecule has 3 aliphatic carbocycles. The molecule has 1 spiro atoms. The summed E-state index contributed by atoms with van der Waals surface area (Å²) in [6, 6.07) is 41.5. The molecule has 4 heteroatoms. The molecule has 2 aliphatic heterocycles. The first-order chi connectivity index (χ1) is 27.3. The fourth-order valence-corrected chi connectivity index (χ4v) is 10.2. The molecule has 5 aromatic carbocycles. The number of hydrogen-bond donors (Lipinski definition) is 0. The zero-order valence-electron chi connectivity index (χ0n) is 32.6. The van der Waals surface area contributed by atoms with Crippen molar-refractivity contribution in [2.45, 2.75) is 64.6 Å². The first-order valence-corrected chi connectivity index (χ1v) is 20.4. The molecule has 6 aromatic rings. The van der Waals surface area contributed by atoms with Crippen molar-refractivity contribution in [3.63, 3.8) is 0 Å². The summed E-state index contributed by atoms with van der Waals surface area (Å²) < 4.78 is 16.7. The summed E-state index contributed by atoms with van der Waals surface area (Å²) in [6.45, 7) is 9.43. The molecule has 5 atom stereocenters. The van der Waals surface area contributed by atoms with Crippen LogP contribution < -0.4 is 9.47 Å². The van der Waals surface area contributed by atoms with Gasteiger partial charge in [0.25, 0.3) is 0 Å². The van der Waals surface area contributed by atoms with Gasteiger partial charge < -0.3 is 14.0 Å². The van der Waals surface area contributed by atoms with Crippen molar-refractivity contribution in [1.82, 2.24) is 4.57 Å². The quantitative estimate of drug-likeness (QED) is 0.181. The highest BCUT2D eigenvalue weighted by atomic mass is 16.7. The summed E-state index contributed by atoms with van der Waals surface area (Å²) in [6.07, 6.45) is 13.5. The topological polar surface area (TPSA) is 35.8 Å². The molecule has 56 heavy (non-hydrogen) atoms. The maximum atomic E-state index is 7.27. The Bertz CT molecular complexity index is 2760. The first-order valence-electron chi connectivity index (χ1n) is 20.4. The molecule has 1 aromatic heterocycles. The van der Waals surface area contributed by atoms with Gasteiger partial charge in [-0.3, -0.25) is 4.99 Å². The number of nitrogens with zero attached hydrogens (tertiary/aromatic N) is 2. The van der Waals surface area contributed by atoms with E-state index in [0.29, 0.717) is 17.8 Å². The second-order valence-electron chi connectivity index (χ2n) is 17.1. The Labute approximate surface area is 329 Å². The number of aromatic nitrogens is 1. The molecule has 0 saturated heterocycles. The van der Waals surface area contributed by atoms with E-state index in [0.717, 1.165) is 81.5 Å². The van der Waals surface area contributed by atoms with Crippen LogP contribution in [-0.2, 0) is 11.2 Å². The van der Waals surface area contributed by atoms with Crippen molar-refractivity contribution in [2.24, 2.45) is 22.7 Å². The summed E-state index contributed by atoms with van der Waals surface area (Å²) in [4.78, 5) is 5.44. The fraction of sp³-hybridized carbons (Fsp3) is 0.250. The monoisotopic (exact) mass is 730 g/mol. The average Bonchev–Trinajstić information content (AvgIpc) is 3.87. The van der Waals surface area contributed by atoms with Crippen LogP contribution in [0.2, 0.25) is 0 Å². The minimum Gasteiger partial charge on any atom is -0.441 e. The molecule has 0 N–H and O–H groups in total. The van der Waals surface area contributed by atoms with Crippen molar-refractivity contribution in [3.8, 4) is 17.2 Å². The molecule has 11 rings (SSSR count). The molecule has 276 valence electrons. The predicted octanol–water partition coefficient (Wildman–Crippen LogP) is 12.9. The van der Waals surface area contributed by atoms with Crippen molar-refractivity contribution in [1.29, 1.82) is 0 Å². The van der Waals surface area contributed by atoms with Gasteiger partial charge in [0.1, 0.15) is 0 Å². The normalized spacial score (nSPS) is 26.4. The maximum absolute atomic E-state index is 7.27. The lowest BCUT2D eigenvalue weighted by Gasteiger charge is -2.34. The van der Waals surface area contributed by atoms with Gasteiger partial charge in [0.05, 0.1) is 22.1 Å². The first kappa shape index (κ1) is 33.5. The lowest BCUT2D eigenvalue weighted by molar-refractivity contribution is -0.0532. The Kier molecular flexibility index (Phi) is 7.36. The molecule has 0 fully saturated rings. The molecular formula is C52H46N2O2. The highest BCUT2D eigenvalue weighted by molar-refractivity contribution is 6.13. The van der Waals surface area contributed by atoms with Gasteiger partial charge in [-0.05, 0) is 101 Å². The number of allylic oxidation sites excluding steroid dienone is 6. The van der Waals surface area contributed by atoms with Crippen LogP contribution in [0.25, 0.3) is 38.8 Å². The minimum absolute atomic E-state index is 0.158. The van der Waals surface area contributed by atoms with Crippen LogP contribution in [0.4, 0.5) is 0 Å². The Morgan fingerprint density at radius 1 is 0.750 bits per heavy atom. The summed E-state index contributed by atoms with van der Waals surface area (Å²) >= 11 is 0. The van der Waals surface area contributed by atoms with Gasteiger partial charge in [0.2, 0.25) is 0 Å². The summed E-state index contributed by atoms with van der Waals surface area (Å²) in [5, 5.41) is 2.23. The largest absolute Gasteiger partial charge is 0.441 e. The van der Waals surface area contributed by atoms with Crippen LogP contribution in [-0.4, -0.2) is 10.3 Å². The highest BCUT2D eigenvalue weighted by Gasteiger charge is 2.55. The Morgan fingerprint density at radius 2 is 1.54 bits per heavy atom. The number of rotatable bonds is 4. The Hall–Kier alpha value is -5.87. The van der Waals surface area contributed by atoms with Crippen molar-refractivity contribution in [3.05, 3.63) is 173 Å². The third kappa shape index (κ3) is 4.87. The molecule has 0 bridgehead atoms. The van der Waals surface area contributed by atoms with E-state index >= 15 is 0 Å². The third-order valence-corrected chi connectivity index (χ3v) is 13.5. The second-order valence-corrected chi connectivity index (χ2v) is 17.1. The molecule has 5 unspecified atom stereocenters. The van der Waals surface area contributed by atoms with Crippen molar-refractivity contribution < 1.29 is 9.47 Å². The number of aliphatic imine (C=N–C) groups is 1. The van der Waals surface area contributed by atoms with Gasteiger partial charge in [-0.2, -0.15) is 0 Å². The van der Waals surface area contributed by atoms with E-state index in [2.05, 4.69) is 172 Å². The molecular weight excluding hydrogens is 685 g/mol. The van der Waals surface area contributed by atoms with Gasteiger partial charge >= 0.3 is 5.79 Å². The molecule has 3 heterocycles. The lowest BCUT2D eigenvalue weighted by Crippen LogP contribution is -2.38. The number of ether oxygens (including phenoxy) is 2. The number of hydrogen-bond acceptors (Lipinski definition) is 3. The van der Waals surface area contributed by atoms with E-state index in [-0.39, 0.29) is 5.41 Å². The van der Waals surface area contributed by atoms with Crippen molar-refractivity contribution >= 4 is 38.8 Å². The summed E-state index contributed by atoms with van der Waals surface area (Å²) in [7, 11) is 0. The Balaban J connectivity index is 1.02. The number of fused-ring (bicyclic) bond motifs is 9. The smallest absolute Gasteiger partial charge is 0.303 e. The van der Waals surface area contributed by atoms with E-state index < -0.39 is 5.79 Å². The fourth-order valence-electron chi connectivity index (χ4n) is 10.2. The molecule has 4 nitrogen and oxygen atoms in total. The maximum Gasteiger partial charge on any atom is 0.303 e. The van der Waals surface area contributed by atoms with Gasteiger partial charge in [-0.1, -0.05) is 131 Å². The van der Waals surface area contributed by atoms with E-state index in [4.69, 9.17) is 14.5 Å². The zero-order chi connectivity index (χ0) is 37.8. The van der Waals surface area contributed by atoms with Crippen molar-refractivity contribution in [2.75, 3.05) is 0 Å². The molecule has 0 radical (unpaired) electrons. The minimum atomic E-state index is -0.969.